The Hall–Kier alpha value is -2.69. The Labute approximate surface area is 154 Å². The average molecular weight is 358 g/mol. The van der Waals surface area contributed by atoms with Gasteiger partial charge in [-0.1, -0.05) is 0 Å². The number of piperidine rings is 1. The van der Waals surface area contributed by atoms with Crippen LogP contribution in [0.15, 0.2) is 17.4 Å². The largest absolute Gasteiger partial charge is 0.444 e. The van der Waals surface area contributed by atoms with Crippen LogP contribution in [0.25, 0.3) is 0 Å². The molecule has 2 heterocycles. The van der Waals surface area contributed by atoms with E-state index in [4.69, 9.17) is 4.74 Å². The van der Waals surface area contributed by atoms with Crippen LogP contribution in [-0.2, 0) is 10.2 Å². The number of amides is 1. The van der Waals surface area contributed by atoms with Crippen LogP contribution in [0.2, 0.25) is 0 Å². The molecule has 1 aromatic rings. The van der Waals surface area contributed by atoms with Crippen molar-refractivity contribution in [2.24, 2.45) is 4.99 Å². The lowest BCUT2D eigenvalue weighted by Gasteiger charge is -2.37. The molecule has 0 unspecified atom stereocenters. The normalized spacial score (nSPS) is 17.0. The standard InChI is InChI=1S/C18H26N6O2/c1-17(2,3)26-16(25)24-10-6-18(12-19,7-11-24)14-15(21-9-8-20-14)22-13-23(4)5/h8-9,13H,6-7,10-11H2,1-5H3. The molecule has 1 aliphatic rings. The SMILES string of the molecule is CN(C)C=Nc1nccnc1C1(C#N)CCN(C(=O)OC(C)(C)C)CC1. The molecule has 0 saturated carbocycles. The summed E-state index contributed by atoms with van der Waals surface area (Å²) >= 11 is 0. The van der Waals surface area contributed by atoms with Gasteiger partial charge in [0.05, 0.1) is 12.4 Å². The predicted octanol–water partition coefficient (Wildman–Crippen LogP) is 2.49. The summed E-state index contributed by atoms with van der Waals surface area (Å²) in [5, 5.41) is 9.89. The fraction of sp³-hybridized carbons (Fsp3) is 0.611. The number of aliphatic imine (C=N–C) groups is 1. The Morgan fingerprint density at radius 2 is 1.96 bits per heavy atom. The topological polar surface area (TPSA) is 94.7 Å². The van der Waals surface area contributed by atoms with Gasteiger partial charge in [-0.3, -0.25) is 4.98 Å². The highest BCUT2D eigenvalue weighted by Gasteiger charge is 2.41. The summed E-state index contributed by atoms with van der Waals surface area (Å²) in [6.07, 6.45) is 5.34. The monoisotopic (exact) mass is 358 g/mol. The Bertz CT molecular complexity index is 709. The molecule has 8 heteroatoms. The third-order valence-electron chi connectivity index (χ3n) is 4.03. The van der Waals surface area contributed by atoms with E-state index in [1.807, 2.05) is 34.9 Å². The molecule has 1 aliphatic heterocycles. The first-order valence-corrected chi connectivity index (χ1v) is 8.58. The van der Waals surface area contributed by atoms with E-state index in [-0.39, 0.29) is 6.09 Å². The van der Waals surface area contributed by atoms with Crippen molar-refractivity contribution in [3.05, 3.63) is 18.1 Å². The lowest BCUT2D eigenvalue weighted by atomic mass is 9.76. The molecule has 0 radical (unpaired) electrons. The molecule has 0 N–H and O–H groups in total. The molecule has 0 atom stereocenters. The van der Waals surface area contributed by atoms with Crippen molar-refractivity contribution < 1.29 is 9.53 Å². The van der Waals surface area contributed by atoms with Gasteiger partial charge in [-0.2, -0.15) is 5.26 Å². The van der Waals surface area contributed by atoms with Crippen molar-refractivity contribution in [3.8, 4) is 6.07 Å². The van der Waals surface area contributed by atoms with Gasteiger partial charge in [0.2, 0.25) is 0 Å². The maximum absolute atomic E-state index is 12.3. The third-order valence-corrected chi connectivity index (χ3v) is 4.03. The number of aromatic nitrogens is 2. The summed E-state index contributed by atoms with van der Waals surface area (Å²) in [5.41, 5.74) is -0.796. The van der Waals surface area contributed by atoms with Crippen molar-refractivity contribution in [2.75, 3.05) is 27.2 Å². The Balaban J connectivity index is 2.20. The van der Waals surface area contributed by atoms with E-state index in [2.05, 4.69) is 21.0 Å². The smallest absolute Gasteiger partial charge is 0.410 e. The van der Waals surface area contributed by atoms with E-state index in [1.54, 1.807) is 28.5 Å². The summed E-state index contributed by atoms with van der Waals surface area (Å²) in [7, 11) is 3.72. The molecule has 1 fully saturated rings. The third kappa shape index (κ3) is 4.69. The Kier molecular flexibility index (Phi) is 5.80. The van der Waals surface area contributed by atoms with E-state index in [0.29, 0.717) is 37.4 Å². The molecule has 1 aromatic heterocycles. The molecule has 1 saturated heterocycles. The maximum Gasteiger partial charge on any atom is 0.410 e. The second-order valence-electron chi connectivity index (χ2n) is 7.60. The van der Waals surface area contributed by atoms with Crippen LogP contribution in [0.5, 0.6) is 0 Å². The number of nitrogens with zero attached hydrogens (tertiary/aromatic N) is 6. The molecule has 0 aliphatic carbocycles. The van der Waals surface area contributed by atoms with E-state index >= 15 is 0 Å². The number of carbonyl (C=O) groups is 1. The van der Waals surface area contributed by atoms with Gasteiger partial charge in [-0.05, 0) is 33.6 Å². The van der Waals surface area contributed by atoms with Gasteiger partial charge < -0.3 is 14.5 Å². The lowest BCUT2D eigenvalue weighted by Crippen LogP contribution is -2.46. The maximum atomic E-state index is 12.3. The van der Waals surface area contributed by atoms with Crippen LogP contribution >= 0.6 is 0 Å². The summed E-state index contributed by atoms with van der Waals surface area (Å²) in [5.74, 6) is 0.438. The zero-order chi connectivity index (χ0) is 19.4. The molecule has 0 spiro atoms. The van der Waals surface area contributed by atoms with Gasteiger partial charge in [0.15, 0.2) is 5.82 Å². The van der Waals surface area contributed by atoms with E-state index in [1.165, 1.54) is 0 Å². The molecular weight excluding hydrogens is 332 g/mol. The fourth-order valence-corrected chi connectivity index (χ4v) is 2.73. The zero-order valence-corrected chi connectivity index (χ0v) is 16.1. The quantitative estimate of drug-likeness (QED) is 0.608. The molecule has 1 amide bonds. The van der Waals surface area contributed by atoms with Crippen molar-refractivity contribution in [3.63, 3.8) is 0 Å². The lowest BCUT2D eigenvalue weighted by molar-refractivity contribution is 0.0184. The van der Waals surface area contributed by atoms with Crippen molar-refractivity contribution in [1.29, 1.82) is 5.26 Å². The molecule has 0 bridgehead atoms. The van der Waals surface area contributed by atoms with Crippen LogP contribution in [0.3, 0.4) is 0 Å². The first-order chi connectivity index (χ1) is 12.2. The van der Waals surface area contributed by atoms with Crippen LogP contribution in [0, 0.1) is 11.3 Å². The number of ether oxygens (including phenoxy) is 1. The first-order valence-electron chi connectivity index (χ1n) is 8.58. The number of hydrogen-bond donors (Lipinski definition) is 0. The van der Waals surface area contributed by atoms with Gasteiger partial charge in [0.1, 0.15) is 16.7 Å². The molecule has 140 valence electrons. The molecule has 8 nitrogen and oxygen atoms in total. The molecule has 2 rings (SSSR count). The van der Waals surface area contributed by atoms with Crippen LogP contribution < -0.4 is 0 Å². The number of nitriles is 1. The van der Waals surface area contributed by atoms with E-state index < -0.39 is 11.0 Å². The van der Waals surface area contributed by atoms with Crippen molar-refractivity contribution in [2.45, 2.75) is 44.6 Å². The predicted molar refractivity (Wildman–Crippen MR) is 98.2 cm³/mol. The minimum absolute atomic E-state index is 0.353. The highest BCUT2D eigenvalue weighted by molar-refractivity contribution is 5.68. The fourth-order valence-electron chi connectivity index (χ4n) is 2.73. The first kappa shape index (κ1) is 19.6. The highest BCUT2D eigenvalue weighted by atomic mass is 16.6. The number of carbonyl (C=O) groups excluding carboxylic acids is 1. The number of rotatable bonds is 3. The Morgan fingerprint density at radius 1 is 1.35 bits per heavy atom. The molecule has 26 heavy (non-hydrogen) atoms. The van der Waals surface area contributed by atoms with Crippen LogP contribution in [0.4, 0.5) is 10.6 Å². The minimum Gasteiger partial charge on any atom is -0.444 e. The summed E-state index contributed by atoms with van der Waals surface area (Å²) in [4.78, 5) is 28.7. The van der Waals surface area contributed by atoms with Crippen molar-refractivity contribution >= 4 is 18.2 Å². The Morgan fingerprint density at radius 3 is 2.50 bits per heavy atom. The van der Waals surface area contributed by atoms with Gasteiger partial charge in [-0.25, -0.2) is 14.8 Å². The van der Waals surface area contributed by atoms with Gasteiger partial charge in [-0.15, -0.1) is 0 Å². The van der Waals surface area contributed by atoms with Gasteiger partial charge in [0, 0.05) is 39.6 Å². The summed E-state index contributed by atoms with van der Waals surface area (Å²) < 4.78 is 5.42. The second kappa shape index (κ2) is 7.68. The van der Waals surface area contributed by atoms with Crippen LogP contribution in [-0.4, -0.2) is 65.0 Å². The zero-order valence-electron chi connectivity index (χ0n) is 16.1. The molecular formula is C18H26N6O2. The average Bonchev–Trinajstić information content (AvgIpc) is 2.59. The number of hydrogen-bond acceptors (Lipinski definition) is 6. The van der Waals surface area contributed by atoms with E-state index in [9.17, 15) is 10.1 Å². The van der Waals surface area contributed by atoms with Crippen molar-refractivity contribution in [1.82, 2.24) is 19.8 Å². The van der Waals surface area contributed by atoms with Crippen LogP contribution in [0.1, 0.15) is 39.3 Å². The van der Waals surface area contributed by atoms with E-state index in [0.717, 1.165) is 0 Å². The van der Waals surface area contributed by atoms with Gasteiger partial charge >= 0.3 is 6.09 Å². The number of likely N-dealkylation sites (tertiary alicyclic amines) is 1. The molecule has 0 aromatic carbocycles. The highest BCUT2D eigenvalue weighted by Crippen LogP contribution is 2.37. The summed E-state index contributed by atoms with van der Waals surface area (Å²) in [6.45, 7) is 6.36. The van der Waals surface area contributed by atoms with Gasteiger partial charge in [0.25, 0.3) is 0 Å². The second-order valence-corrected chi connectivity index (χ2v) is 7.60. The summed E-state index contributed by atoms with van der Waals surface area (Å²) in [6, 6.07) is 2.40. The minimum atomic E-state index is -0.814.